The van der Waals surface area contributed by atoms with Crippen molar-refractivity contribution in [3.63, 3.8) is 0 Å². The summed E-state index contributed by atoms with van der Waals surface area (Å²) in [4.78, 5) is 17.9. The zero-order valence-corrected chi connectivity index (χ0v) is 17.2. The molecule has 1 N–H and O–H groups in total. The fraction of sp³-hybridized carbons (Fsp3) is 0. The minimum absolute atomic E-state index is 0.138. The Labute approximate surface area is 183 Å². The Hall–Kier alpha value is -4.03. The van der Waals surface area contributed by atoms with Crippen molar-refractivity contribution in [1.82, 2.24) is 9.13 Å². The summed E-state index contributed by atoms with van der Waals surface area (Å²) in [5.41, 5.74) is 3.51. The van der Waals surface area contributed by atoms with Gasteiger partial charge in [-0.05, 0) is 48.6 Å². The zero-order valence-electron chi connectivity index (χ0n) is 16.3. The largest absolute Gasteiger partial charge is 0.494 e. The summed E-state index contributed by atoms with van der Waals surface area (Å²) in [5, 5.41) is 11.2. The SMILES string of the molecule is O=c1c(/C=C2/C=Nc3ccccc32)c(O)n(-c2ccccc2)c(=S)n1-c1ccccc1. The number of fused-ring (bicyclic) bond motifs is 1. The number of hydrogen-bond donors (Lipinski definition) is 1. The first-order chi connectivity index (χ1) is 15.1. The van der Waals surface area contributed by atoms with E-state index in [9.17, 15) is 9.90 Å². The second-order valence-electron chi connectivity index (χ2n) is 7.04. The molecule has 4 aromatic rings. The summed E-state index contributed by atoms with van der Waals surface area (Å²) in [6, 6.07) is 26.1. The van der Waals surface area contributed by atoms with Crippen molar-refractivity contribution < 1.29 is 5.11 Å². The summed E-state index contributed by atoms with van der Waals surface area (Å²) in [6.45, 7) is 0. The molecule has 3 aromatic carbocycles. The fourth-order valence-electron chi connectivity index (χ4n) is 3.66. The highest BCUT2D eigenvalue weighted by Crippen LogP contribution is 2.33. The standard InChI is InChI=1S/C25H17N3O2S/c29-23-21(15-17-16-26-22-14-8-7-13-20(17)22)24(30)28(19-11-5-2-6-12-19)25(31)27(23)18-9-3-1-4-10-18/h1-16,29H/b17-15-. The van der Waals surface area contributed by atoms with Crippen molar-refractivity contribution in [2.45, 2.75) is 0 Å². The molecule has 0 spiro atoms. The average Bonchev–Trinajstić information content (AvgIpc) is 3.21. The van der Waals surface area contributed by atoms with Crippen molar-refractivity contribution in [3.8, 4) is 17.3 Å². The van der Waals surface area contributed by atoms with Crippen LogP contribution >= 0.6 is 12.2 Å². The molecule has 6 heteroatoms. The Morgan fingerprint density at radius 3 is 2.06 bits per heavy atom. The molecular formula is C25H17N3O2S. The molecule has 31 heavy (non-hydrogen) atoms. The van der Waals surface area contributed by atoms with E-state index in [1.165, 1.54) is 9.13 Å². The first-order valence-electron chi connectivity index (χ1n) is 9.72. The molecule has 2 heterocycles. The van der Waals surface area contributed by atoms with Crippen LogP contribution in [0.25, 0.3) is 23.0 Å². The predicted molar refractivity (Wildman–Crippen MR) is 126 cm³/mol. The Balaban J connectivity index is 1.84. The third kappa shape index (κ3) is 3.23. The number of para-hydroxylation sites is 3. The minimum atomic E-state index is -0.397. The van der Waals surface area contributed by atoms with E-state index in [0.29, 0.717) is 11.4 Å². The number of aromatic nitrogens is 2. The third-order valence-corrected chi connectivity index (χ3v) is 5.52. The van der Waals surface area contributed by atoms with Gasteiger partial charge in [-0.25, -0.2) is 0 Å². The summed E-state index contributed by atoms with van der Waals surface area (Å²) < 4.78 is 3.13. The molecule has 0 unspecified atom stereocenters. The molecule has 0 radical (unpaired) electrons. The molecule has 0 fully saturated rings. The maximum Gasteiger partial charge on any atom is 0.270 e. The van der Waals surface area contributed by atoms with E-state index < -0.39 is 5.56 Å². The van der Waals surface area contributed by atoms with Crippen molar-refractivity contribution in [2.24, 2.45) is 4.99 Å². The number of aliphatic imine (C=N–C) groups is 1. The van der Waals surface area contributed by atoms with Gasteiger partial charge >= 0.3 is 0 Å². The smallest absolute Gasteiger partial charge is 0.270 e. The van der Waals surface area contributed by atoms with Crippen LogP contribution in [0.5, 0.6) is 5.88 Å². The Bertz CT molecular complexity index is 1470. The molecule has 5 nitrogen and oxygen atoms in total. The van der Waals surface area contributed by atoms with Crippen LogP contribution in [0.2, 0.25) is 0 Å². The summed E-state index contributed by atoms with van der Waals surface area (Å²) in [6.07, 6.45) is 3.37. The fourth-order valence-corrected chi connectivity index (χ4v) is 4.04. The molecule has 0 saturated carbocycles. The van der Waals surface area contributed by atoms with E-state index in [0.717, 1.165) is 16.8 Å². The van der Waals surface area contributed by atoms with Crippen molar-refractivity contribution >= 4 is 35.8 Å². The normalized spacial score (nSPS) is 13.5. The van der Waals surface area contributed by atoms with Gasteiger partial charge in [0.25, 0.3) is 5.56 Å². The number of aromatic hydroxyl groups is 1. The number of rotatable bonds is 3. The summed E-state index contributed by atoms with van der Waals surface area (Å²) >= 11 is 5.66. The highest BCUT2D eigenvalue weighted by atomic mass is 32.1. The lowest BCUT2D eigenvalue weighted by molar-refractivity contribution is 0.429. The second-order valence-corrected chi connectivity index (χ2v) is 7.41. The average molecular weight is 423 g/mol. The lowest BCUT2D eigenvalue weighted by Gasteiger charge is -2.17. The Morgan fingerprint density at radius 1 is 0.806 bits per heavy atom. The lowest BCUT2D eigenvalue weighted by atomic mass is 10.1. The van der Waals surface area contributed by atoms with E-state index in [2.05, 4.69) is 4.99 Å². The highest BCUT2D eigenvalue weighted by Gasteiger charge is 2.20. The van der Waals surface area contributed by atoms with Crippen LogP contribution < -0.4 is 5.56 Å². The first kappa shape index (κ1) is 19.0. The predicted octanol–water partition coefficient (Wildman–Crippen LogP) is 5.32. The van der Waals surface area contributed by atoms with Gasteiger partial charge in [0.1, 0.15) is 5.56 Å². The van der Waals surface area contributed by atoms with Crippen molar-refractivity contribution in [1.29, 1.82) is 0 Å². The maximum atomic E-state index is 13.5. The Kier molecular flexibility index (Phi) is 4.69. The molecule has 5 rings (SSSR count). The van der Waals surface area contributed by atoms with Crippen LogP contribution in [0.4, 0.5) is 5.69 Å². The molecular weight excluding hydrogens is 406 g/mol. The molecule has 1 aliphatic rings. The van der Waals surface area contributed by atoms with Gasteiger partial charge in [0.2, 0.25) is 5.88 Å². The van der Waals surface area contributed by atoms with Crippen molar-refractivity contribution in [2.75, 3.05) is 0 Å². The molecule has 1 aromatic heterocycles. The van der Waals surface area contributed by atoms with E-state index >= 15 is 0 Å². The first-order valence-corrected chi connectivity index (χ1v) is 10.1. The van der Waals surface area contributed by atoms with Gasteiger partial charge in [-0.3, -0.25) is 18.9 Å². The van der Waals surface area contributed by atoms with Gasteiger partial charge in [-0.1, -0.05) is 54.6 Å². The van der Waals surface area contributed by atoms with Gasteiger partial charge in [-0.2, -0.15) is 0 Å². The van der Waals surface area contributed by atoms with E-state index in [1.54, 1.807) is 12.3 Å². The molecule has 150 valence electrons. The van der Waals surface area contributed by atoms with Crippen molar-refractivity contribution in [3.05, 3.63) is 111 Å². The molecule has 1 aliphatic heterocycles. The van der Waals surface area contributed by atoms with Gasteiger partial charge in [-0.15, -0.1) is 0 Å². The monoisotopic (exact) mass is 423 g/mol. The number of hydrogen-bond acceptors (Lipinski definition) is 4. The van der Waals surface area contributed by atoms with Gasteiger partial charge in [0.15, 0.2) is 4.77 Å². The van der Waals surface area contributed by atoms with E-state index in [-0.39, 0.29) is 16.2 Å². The molecule has 0 aliphatic carbocycles. The van der Waals surface area contributed by atoms with Gasteiger partial charge < -0.3 is 5.11 Å². The number of nitrogens with zero attached hydrogens (tertiary/aromatic N) is 3. The third-order valence-electron chi connectivity index (χ3n) is 5.16. The summed E-state index contributed by atoms with van der Waals surface area (Å²) in [7, 11) is 0. The van der Waals surface area contributed by atoms with E-state index in [4.69, 9.17) is 12.2 Å². The minimum Gasteiger partial charge on any atom is -0.494 e. The second kappa shape index (κ2) is 7.66. The molecule has 0 saturated heterocycles. The van der Waals surface area contributed by atoms with Crippen LogP contribution in [-0.2, 0) is 0 Å². The zero-order chi connectivity index (χ0) is 21.4. The quantitative estimate of drug-likeness (QED) is 0.454. The molecule has 0 bridgehead atoms. The van der Waals surface area contributed by atoms with Gasteiger partial charge in [0.05, 0.1) is 17.1 Å². The van der Waals surface area contributed by atoms with Crippen LogP contribution in [0.3, 0.4) is 0 Å². The van der Waals surface area contributed by atoms with Crippen LogP contribution in [-0.4, -0.2) is 20.5 Å². The lowest BCUT2D eigenvalue weighted by Crippen LogP contribution is -2.25. The van der Waals surface area contributed by atoms with Crippen LogP contribution in [0.1, 0.15) is 11.1 Å². The van der Waals surface area contributed by atoms with Crippen LogP contribution in [0.15, 0.2) is 94.7 Å². The Morgan fingerprint density at radius 2 is 1.39 bits per heavy atom. The molecule has 0 amide bonds. The number of benzene rings is 3. The topological polar surface area (TPSA) is 59.5 Å². The number of allylic oxidation sites excluding steroid dienone is 1. The molecule has 0 atom stereocenters. The van der Waals surface area contributed by atoms with Crippen LogP contribution in [0, 0.1) is 4.77 Å². The highest BCUT2D eigenvalue weighted by molar-refractivity contribution is 7.71. The van der Waals surface area contributed by atoms with Gasteiger partial charge in [0, 0.05) is 17.4 Å². The summed E-state index contributed by atoms with van der Waals surface area (Å²) in [5.74, 6) is -0.210. The van der Waals surface area contributed by atoms with E-state index in [1.807, 2.05) is 84.9 Å². The maximum absolute atomic E-state index is 13.5.